The summed E-state index contributed by atoms with van der Waals surface area (Å²) in [6, 6.07) is 0. The third kappa shape index (κ3) is 2.26. The highest BCUT2D eigenvalue weighted by Gasteiger charge is 2.18. The highest BCUT2D eigenvalue weighted by molar-refractivity contribution is 9.09. The summed E-state index contributed by atoms with van der Waals surface area (Å²) >= 11 is 3.55. The Morgan fingerprint density at radius 3 is 2.40 bits per heavy atom. The molecule has 0 unspecified atom stereocenters. The maximum atomic E-state index is 3.55. The molecule has 0 nitrogen and oxygen atoms in total. The maximum absolute atomic E-state index is 3.55. The van der Waals surface area contributed by atoms with Crippen LogP contribution in [0.25, 0.3) is 0 Å². The minimum absolute atomic E-state index is 0.903. The van der Waals surface area contributed by atoms with Gasteiger partial charge >= 0.3 is 0 Å². The van der Waals surface area contributed by atoms with Gasteiger partial charge in [-0.3, -0.25) is 0 Å². The van der Waals surface area contributed by atoms with Gasteiger partial charge in [0, 0.05) is 5.33 Å². The van der Waals surface area contributed by atoms with Gasteiger partial charge in [0.2, 0.25) is 0 Å². The Bertz CT molecular complexity index is 84.7. The van der Waals surface area contributed by atoms with Crippen molar-refractivity contribution < 1.29 is 0 Å². The van der Waals surface area contributed by atoms with Crippen molar-refractivity contribution in [2.24, 2.45) is 11.8 Å². The normalized spacial score (nSPS) is 24.6. The predicted molar refractivity (Wildman–Crippen MR) is 49.5 cm³/mol. The molecular weight excluding hydrogens is 188 g/mol. The standard InChI is InChI=1S/C9H17Br/c1-8(7-10)9-5-3-2-4-6-9/h8-9H,2-7H2,1H3/t8-/m0/s1. The van der Waals surface area contributed by atoms with Crippen LogP contribution >= 0.6 is 15.9 Å². The average Bonchev–Trinajstić information content (AvgIpc) is 2.05. The Kier molecular flexibility index (Phi) is 3.75. The van der Waals surface area contributed by atoms with Crippen LogP contribution in [0.1, 0.15) is 39.0 Å². The summed E-state index contributed by atoms with van der Waals surface area (Å²) in [6.07, 6.45) is 7.38. The highest BCUT2D eigenvalue weighted by atomic mass is 79.9. The molecule has 0 radical (unpaired) electrons. The van der Waals surface area contributed by atoms with E-state index in [4.69, 9.17) is 0 Å². The zero-order valence-electron chi connectivity index (χ0n) is 6.78. The van der Waals surface area contributed by atoms with E-state index in [1.165, 1.54) is 37.4 Å². The van der Waals surface area contributed by atoms with Gasteiger partial charge in [-0.15, -0.1) is 0 Å². The van der Waals surface area contributed by atoms with Crippen molar-refractivity contribution in [2.45, 2.75) is 39.0 Å². The minimum Gasteiger partial charge on any atom is -0.0925 e. The Balaban J connectivity index is 2.24. The molecule has 1 heteroatoms. The van der Waals surface area contributed by atoms with E-state index in [-0.39, 0.29) is 0 Å². The molecule has 1 atom stereocenters. The quantitative estimate of drug-likeness (QED) is 0.604. The first-order valence-electron chi connectivity index (χ1n) is 4.40. The molecule has 10 heavy (non-hydrogen) atoms. The first-order valence-corrected chi connectivity index (χ1v) is 5.52. The molecule has 1 aliphatic rings. The molecule has 0 heterocycles. The lowest BCUT2D eigenvalue weighted by Crippen LogP contribution is -2.15. The van der Waals surface area contributed by atoms with Crippen LogP contribution in [-0.2, 0) is 0 Å². The predicted octanol–water partition coefficient (Wildman–Crippen LogP) is 3.60. The highest BCUT2D eigenvalue weighted by Crippen LogP contribution is 2.30. The van der Waals surface area contributed by atoms with Crippen molar-refractivity contribution in [1.82, 2.24) is 0 Å². The number of alkyl halides is 1. The van der Waals surface area contributed by atoms with Crippen molar-refractivity contribution in [3.8, 4) is 0 Å². The van der Waals surface area contributed by atoms with Crippen LogP contribution in [0, 0.1) is 11.8 Å². The van der Waals surface area contributed by atoms with E-state index in [9.17, 15) is 0 Å². The SMILES string of the molecule is C[C@@H](CBr)C1CCCCC1. The van der Waals surface area contributed by atoms with Gasteiger partial charge in [0.1, 0.15) is 0 Å². The Morgan fingerprint density at radius 2 is 1.90 bits per heavy atom. The zero-order chi connectivity index (χ0) is 7.40. The third-order valence-electron chi connectivity index (χ3n) is 2.70. The second-order valence-corrected chi connectivity index (χ2v) is 4.18. The molecule has 0 aromatic heterocycles. The van der Waals surface area contributed by atoms with Gasteiger partial charge in [-0.05, 0) is 11.8 Å². The van der Waals surface area contributed by atoms with Gasteiger partial charge < -0.3 is 0 Å². The van der Waals surface area contributed by atoms with Crippen LogP contribution in [0.5, 0.6) is 0 Å². The zero-order valence-corrected chi connectivity index (χ0v) is 8.36. The smallest absolute Gasteiger partial charge is 0.00596 e. The van der Waals surface area contributed by atoms with E-state index in [2.05, 4.69) is 22.9 Å². The molecule has 0 spiro atoms. The van der Waals surface area contributed by atoms with Crippen LogP contribution in [-0.4, -0.2) is 5.33 Å². The van der Waals surface area contributed by atoms with Crippen molar-refractivity contribution in [1.29, 1.82) is 0 Å². The van der Waals surface area contributed by atoms with Gasteiger partial charge in [-0.25, -0.2) is 0 Å². The van der Waals surface area contributed by atoms with Crippen LogP contribution in [0.15, 0.2) is 0 Å². The van der Waals surface area contributed by atoms with Crippen molar-refractivity contribution in [2.75, 3.05) is 5.33 Å². The summed E-state index contributed by atoms with van der Waals surface area (Å²) in [4.78, 5) is 0. The second kappa shape index (κ2) is 4.38. The molecule has 0 amide bonds. The van der Waals surface area contributed by atoms with Crippen molar-refractivity contribution >= 4 is 15.9 Å². The van der Waals surface area contributed by atoms with E-state index in [0.29, 0.717) is 0 Å². The molecule has 60 valence electrons. The number of halogens is 1. The summed E-state index contributed by atoms with van der Waals surface area (Å²) < 4.78 is 0. The fourth-order valence-corrected chi connectivity index (χ4v) is 2.36. The first kappa shape index (κ1) is 8.58. The lowest BCUT2D eigenvalue weighted by Gasteiger charge is -2.26. The third-order valence-corrected chi connectivity index (χ3v) is 3.72. The minimum atomic E-state index is 0.903. The summed E-state index contributed by atoms with van der Waals surface area (Å²) in [6.45, 7) is 2.37. The lowest BCUT2D eigenvalue weighted by molar-refractivity contribution is 0.283. The fourth-order valence-electron chi connectivity index (χ4n) is 1.83. The Morgan fingerprint density at radius 1 is 1.30 bits per heavy atom. The van der Waals surface area contributed by atoms with Gasteiger partial charge in [-0.1, -0.05) is 55.0 Å². The number of rotatable bonds is 2. The van der Waals surface area contributed by atoms with E-state index in [0.717, 1.165) is 11.8 Å². The second-order valence-electron chi connectivity index (χ2n) is 3.53. The largest absolute Gasteiger partial charge is 0.0925 e. The van der Waals surface area contributed by atoms with Crippen LogP contribution in [0.4, 0.5) is 0 Å². The number of hydrogen-bond acceptors (Lipinski definition) is 0. The molecule has 0 saturated heterocycles. The Hall–Kier alpha value is 0.480. The maximum Gasteiger partial charge on any atom is 0.00596 e. The van der Waals surface area contributed by atoms with Crippen LogP contribution < -0.4 is 0 Å². The molecule has 1 rings (SSSR count). The monoisotopic (exact) mass is 204 g/mol. The summed E-state index contributed by atoms with van der Waals surface area (Å²) in [5.41, 5.74) is 0. The molecule has 1 aliphatic carbocycles. The van der Waals surface area contributed by atoms with Crippen molar-refractivity contribution in [3.63, 3.8) is 0 Å². The molecule has 0 aliphatic heterocycles. The van der Waals surface area contributed by atoms with Gasteiger partial charge in [0.25, 0.3) is 0 Å². The van der Waals surface area contributed by atoms with Crippen LogP contribution in [0.2, 0.25) is 0 Å². The summed E-state index contributed by atoms with van der Waals surface area (Å²) in [5.74, 6) is 1.92. The molecule has 1 saturated carbocycles. The molecule has 0 aromatic carbocycles. The van der Waals surface area contributed by atoms with E-state index < -0.39 is 0 Å². The lowest BCUT2D eigenvalue weighted by atomic mass is 9.82. The topological polar surface area (TPSA) is 0 Å². The van der Waals surface area contributed by atoms with Crippen molar-refractivity contribution in [3.05, 3.63) is 0 Å². The van der Waals surface area contributed by atoms with E-state index in [1.54, 1.807) is 0 Å². The van der Waals surface area contributed by atoms with E-state index >= 15 is 0 Å². The molecule has 0 aromatic rings. The first-order chi connectivity index (χ1) is 4.84. The van der Waals surface area contributed by atoms with E-state index in [1.807, 2.05) is 0 Å². The van der Waals surface area contributed by atoms with Gasteiger partial charge in [0.15, 0.2) is 0 Å². The van der Waals surface area contributed by atoms with Crippen LogP contribution in [0.3, 0.4) is 0 Å². The van der Waals surface area contributed by atoms with Gasteiger partial charge in [-0.2, -0.15) is 0 Å². The molecular formula is C9H17Br. The molecule has 0 N–H and O–H groups in total. The fraction of sp³-hybridized carbons (Fsp3) is 1.00. The molecule has 0 bridgehead atoms. The summed E-state index contributed by atoms with van der Waals surface area (Å²) in [7, 11) is 0. The number of hydrogen-bond donors (Lipinski definition) is 0. The van der Waals surface area contributed by atoms with Gasteiger partial charge in [0.05, 0.1) is 0 Å². The average molecular weight is 205 g/mol. The molecule has 1 fully saturated rings. The summed E-state index contributed by atoms with van der Waals surface area (Å²) in [5, 5.41) is 1.19. The Labute approximate surface area is 72.5 Å².